The van der Waals surface area contributed by atoms with Crippen LogP contribution in [0.3, 0.4) is 0 Å². The molecular formula is C15H19N3. The summed E-state index contributed by atoms with van der Waals surface area (Å²) in [7, 11) is 0. The van der Waals surface area contributed by atoms with Crippen LogP contribution in [-0.4, -0.2) is 18.1 Å². The molecule has 3 heteroatoms. The average molecular weight is 241 g/mol. The number of nitriles is 1. The van der Waals surface area contributed by atoms with Gasteiger partial charge in [0.25, 0.3) is 0 Å². The summed E-state index contributed by atoms with van der Waals surface area (Å²) in [5.74, 6) is 0. The van der Waals surface area contributed by atoms with E-state index in [1.54, 1.807) is 0 Å². The second-order valence-electron chi connectivity index (χ2n) is 5.54. The maximum Gasteiger partial charge on any atom is 0.0991 e. The molecule has 0 aliphatic carbocycles. The van der Waals surface area contributed by atoms with Gasteiger partial charge in [-0.3, -0.25) is 0 Å². The molecule has 1 aromatic carbocycles. The van der Waals surface area contributed by atoms with E-state index in [9.17, 15) is 0 Å². The molecule has 2 aliphatic rings. The van der Waals surface area contributed by atoms with Crippen molar-refractivity contribution < 1.29 is 0 Å². The van der Waals surface area contributed by atoms with Crippen LogP contribution < -0.4 is 10.6 Å². The lowest BCUT2D eigenvalue weighted by atomic mass is 9.81. The molecule has 2 N–H and O–H groups in total. The molecule has 2 fully saturated rings. The van der Waals surface area contributed by atoms with Crippen LogP contribution in [0.2, 0.25) is 0 Å². The van der Waals surface area contributed by atoms with Gasteiger partial charge in [0, 0.05) is 23.8 Å². The first-order valence-electron chi connectivity index (χ1n) is 6.82. The lowest BCUT2D eigenvalue weighted by Crippen LogP contribution is -2.55. The number of piperidine rings is 2. The summed E-state index contributed by atoms with van der Waals surface area (Å²) in [5, 5.41) is 8.85. The molecule has 0 radical (unpaired) electrons. The van der Waals surface area contributed by atoms with E-state index >= 15 is 0 Å². The molecule has 2 saturated heterocycles. The Balaban J connectivity index is 1.88. The fourth-order valence-corrected chi connectivity index (χ4v) is 3.55. The summed E-state index contributed by atoms with van der Waals surface area (Å²) in [6.45, 7) is 0. The van der Waals surface area contributed by atoms with Crippen LogP contribution in [-0.2, 0) is 0 Å². The maximum absolute atomic E-state index is 8.85. The number of hydrogen-bond donors (Lipinski definition) is 1. The molecule has 18 heavy (non-hydrogen) atoms. The van der Waals surface area contributed by atoms with Crippen molar-refractivity contribution in [1.29, 1.82) is 5.26 Å². The molecule has 2 heterocycles. The highest BCUT2D eigenvalue weighted by Gasteiger charge is 2.36. The van der Waals surface area contributed by atoms with Gasteiger partial charge in [0.05, 0.1) is 11.6 Å². The van der Waals surface area contributed by atoms with Crippen molar-refractivity contribution in [2.24, 2.45) is 5.73 Å². The lowest BCUT2D eigenvalue weighted by Gasteiger charge is -2.49. The Morgan fingerprint density at radius 2 is 1.72 bits per heavy atom. The number of nitrogens with two attached hydrogens (primary N) is 1. The van der Waals surface area contributed by atoms with Crippen molar-refractivity contribution in [2.75, 3.05) is 4.90 Å². The monoisotopic (exact) mass is 241 g/mol. The van der Waals surface area contributed by atoms with E-state index in [2.05, 4.69) is 23.1 Å². The Morgan fingerprint density at radius 3 is 2.28 bits per heavy atom. The quantitative estimate of drug-likeness (QED) is 0.821. The highest BCUT2D eigenvalue weighted by atomic mass is 15.2. The summed E-state index contributed by atoms with van der Waals surface area (Å²) in [4.78, 5) is 2.55. The van der Waals surface area contributed by atoms with Crippen LogP contribution in [0.5, 0.6) is 0 Å². The standard InChI is InChI=1S/C15H19N3/c16-10-11-4-6-13(7-5-11)18-14-2-1-3-15(18)9-12(17)8-14/h4-7,12,14-15H,1-3,8-9,17H2. The number of hydrogen-bond acceptors (Lipinski definition) is 3. The zero-order valence-electron chi connectivity index (χ0n) is 10.5. The Kier molecular flexibility index (Phi) is 2.97. The van der Waals surface area contributed by atoms with E-state index in [1.165, 1.54) is 24.9 Å². The van der Waals surface area contributed by atoms with Crippen LogP contribution in [0.15, 0.2) is 24.3 Å². The van der Waals surface area contributed by atoms with Crippen molar-refractivity contribution in [1.82, 2.24) is 0 Å². The molecule has 2 unspecified atom stereocenters. The Bertz CT molecular complexity index is 446. The van der Waals surface area contributed by atoms with Crippen LogP contribution in [0.25, 0.3) is 0 Å². The minimum Gasteiger partial charge on any atom is -0.365 e. The van der Waals surface area contributed by atoms with Gasteiger partial charge in [-0.25, -0.2) is 0 Å². The Labute approximate surface area is 108 Å². The van der Waals surface area contributed by atoms with Gasteiger partial charge in [-0.05, 0) is 56.4 Å². The minimum absolute atomic E-state index is 0.370. The molecule has 2 atom stereocenters. The molecule has 1 aromatic rings. The molecule has 0 amide bonds. The summed E-state index contributed by atoms with van der Waals surface area (Å²) in [6.07, 6.45) is 6.05. The molecule has 0 saturated carbocycles. The largest absolute Gasteiger partial charge is 0.365 e. The van der Waals surface area contributed by atoms with Gasteiger partial charge < -0.3 is 10.6 Å². The molecule has 2 bridgehead atoms. The second-order valence-corrected chi connectivity index (χ2v) is 5.54. The summed E-state index contributed by atoms with van der Waals surface area (Å²) in [5.41, 5.74) is 8.13. The average Bonchev–Trinajstić information content (AvgIpc) is 2.38. The van der Waals surface area contributed by atoms with Gasteiger partial charge in [-0.1, -0.05) is 0 Å². The fraction of sp³-hybridized carbons (Fsp3) is 0.533. The summed E-state index contributed by atoms with van der Waals surface area (Å²) >= 11 is 0. The van der Waals surface area contributed by atoms with Crippen molar-refractivity contribution in [3.8, 4) is 6.07 Å². The lowest BCUT2D eigenvalue weighted by molar-refractivity contribution is 0.271. The van der Waals surface area contributed by atoms with E-state index in [0.29, 0.717) is 18.1 Å². The fourth-order valence-electron chi connectivity index (χ4n) is 3.55. The van der Waals surface area contributed by atoms with Crippen molar-refractivity contribution >= 4 is 5.69 Å². The predicted octanol–water partition coefficient (Wildman–Crippen LogP) is 2.41. The van der Waals surface area contributed by atoms with Gasteiger partial charge in [0.15, 0.2) is 0 Å². The third-order valence-corrected chi connectivity index (χ3v) is 4.31. The number of nitrogens with zero attached hydrogens (tertiary/aromatic N) is 2. The first kappa shape index (κ1) is 11.6. The summed E-state index contributed by atoms with van der Waals surface area (Å²) < 4.78 is 0. The number of benzene rings is 1. The van der Waals surface area contributed by atoms with Crippen LogP contribution in [0, 0.1) is 11.3 Å². The zero-order valence-corrected chi connectivity index (χ0v) is 10.5. The van der Waals surface area contributed by atoms with E-state index in [0.717, 1.165) is 18.4 Å². The number of anilines is 1. The predicted molar refractivity (Wildman–Crippen MR) is 72.3 cm³/mol. The second kappa shape index (κ2) is 4.62. The molecule has 94 valence electrons. The zero-order chi connectivity index (χ0) is 12.5. The van der Waals surface area contributed by atoms with Crippen molar-refractivity contribution in [3.63, 3.8) is 0 Å². The molecular weight excluding hydrogens is 222 g/mol. The van der Waals surface area contributed by atoms with Crippen molar-refractivity contribution in [3.05, 3.63) is 29.8 Å². The van der Waals surface area contributed by atoms with Crippen LogP contribution >= 0.6 is 0 Å². The Morgan fingerprint density at radius 1 is 1.11 bits per heavy atom. The molecule has 2 aliphatic heterocycles. The maximum atomic E-state index is 8.85. The van der Waals surface area contributed by atoms with E-state index in [4.69, 9.17) is 11.0 Å². The molecule has 0 spiro atoms. The third kappa shape index (κ3) is 1.97. The number of fused-ring (bicyclic) bond motifs is 2. The summed E-state index contributed by atoms with van der Waals surface area (Å²) in [6, 6.07) is 11.7. The van der Waals surface area contributed by atoms with Gasteiger partial charge in [0.2, 0.25) is 0 Å². The third-order valence-electron chi connectivity index (χ3n) is 4.31. The first-order valence-corrected chi connectivity index (χ1v) is 6.82. The van der Waals surface area contributed by atoms with Gasteiger partial charge in [0.1, 0.15) is 0 Å². The van der Waals surface area contributed by atoms with Crippen molar-refractivity contribution in [2.45, 2.75) is 50.2 Å². The van der Waals surface area contributed by atoms with Gasteiger partial charge in [-0.2, -0.15) is 5.26 Å². The Hall–Kier alpha value is -1.53. The topological polar surface area (TPSA) is 53.0 Å². The highest BCUT2D eigenvalue weighted by molar-refractivity contribution is 5.52. The first-order chi connectivity index (χ1) is 8.78. The van der Waals surface area contributed by atoms with E-state index < -0.39 is 0 Å². The van der Waals surface area contributed by atoms with E-state index in [-0.39, 0.29) is 0 Å². The minimum atomic E-state index is 0.370. The number of rotatable bonds is 1. The molecule has 3 nitrogen and oxygen atoms in total. The van der Waals surface area contributed by atoms with Gasteiger partial charge >= 0.3 is 0 Å². The SMILES string of the molecule is N#Cc1ccc(N2C3CCCC2CC(N)C3)cc1. The van der Waals surface area contributed by atoms with Gasteiger partial charge in [-0.15, -0.1) is 0 Å². The molecule has 0 aromatic heterocycles. The molecule has 3 rings (SSSR count). The van der Waals surface area contributed by atoms with Crippen LogP contribution in [0.4, 0.5) is 5.69 Å². The normalized spacial score (nSPS) is 30.9. The smallest absolute Gasteiger partial charge is 0.0991 e. The van der Waals surface area contributed by atoms with E-state index in [1.807, 2.05) is 12.1 Å². The van der Waals surface area contributed by atoms with Crippen LogP contribution in [0.1, 0.15) is 37.7 Å². The highest BCUT2D eigenvalue weighted by Crippen LogP contribution is 2.37.